The van der Waals surface area contributed by atoms with Gasteiger partial charge in [0, 0.05) is 17.2 Å². The molecule has 2 rings (SSSR count). The van der Waals surface area contributed by atoms with E-state index in [0.717, 1.165) is 10.0 Å². The number of benzene rings is 1. The number of carbonyl (C=O) groups excluding carboxylic acids is 1. The molecule has 0 aliphatic rings. The van der Waals surface area contributed by atoms with Gasteiger partial charge >= 0.3 is 5.97 Å². The van der Waals surface area contributed by atoms with Crippen molar-refractivity contribution in [1.29, 1.82) is 0 Å². The number of rotatable bonds is 4. The summed E-state index contributed by atoms with van der Waals surface area (Å²) in [4.78, 5) is 15.5. The van der Waals surface area contributed by atoms with Crippen LogP contribution in [0.2, 0.25) is 0 Å². The molecule has 18 heavy (non-hydrogen) atoms. The fourth-order valence-corrected chi connectivity index (χ4v) is 2.05. The number of aromatic nitrogens is 2. The quantitative estimate of drug-likeness (QED) is 0.816. The zero-order chi connectivity index (χ0) is 13.0. The molecule has 1 heterocycles. The molecular weight excluding hydrogens is 296 g/mol. The minimum absolute atomic E-state index is 0.340. The van der Waals surface area contributed by atoms with Crippen molar-refractivity contribution in [2.45, 2.75) is 13.5 Å². The molecule has 0 unspecified atom stereocenters. The van der Waals surface area contributed by atoms with Gasteiger partial charge in [0.1, 0.15) is 0 Å². The molecule has 0 saturated heterocycles. The van der Waals surface area contributed by atoms with Crippen LogP contribution in [0.25, 0.3) is 0 Å². The number of hydrogen-bond acceptors (Lipinski definition) is 3. The van der Waals surface area contributed by atoms with Crippen LogP contribution in [-0.4, -0.2) is 22.1 Å². The molecule has 1 aromatic heterocycles. The highest BCUT2D eigenvalue weighted by Gasteiger charge is 2.09. The zero-order valence-electron chi connectivity index (χ0n) is 9.97. The molecule has 0 saturated carbocycles. The van der Waals surface area contributed by atoms with Gasteiger partial charge in [-0.25, -0.2) is 9.78 Å². The second-order valence-corrected chi connectivity index (χ2v) is 4.70. The lowest BCUT2D eigenvalue weighted by atomic mass is 10.2. The molecule has 0 radical (unpaired) electrons. The maximum atomic E-state index is 11.5. The number of ether oxygens (including phenoxy) is 1. The molecule has 0 amide bonds. The van der Waals surface area contributed by atoms with Crippen molar-refractivity contribution in [2.24, 2.45) is 0 Å². The third-order valence-electron chi connectivity index (χ3n) is 2.37. The smallest absolute Gasteiger partial charge is 0.358 e. The van der Waals surface area contributed by atoms with E-state index in [1.807, 2.05) is 28.8 Å². The van der Waals surface area contributed by atoms with E-state index in [9.17, 15) is 4.79 Å². The van der Waals surface area contributed by atoms with Crippen LogP contribution in [0.5, 0.6) is 0 Å². The lowest BCUT2D eigenvalue weighted by Gasteiger charge is -2.02. The summed E-state index contributed by atoms with van der Waals surface area (Å²) in [6.45, 7) is 2.81. The summed E-state index contributed by atoms with van der Waals surface area (Å²) >= 11 is 3.43. The molecule has 0 aliphatic heterocycles. The lowest BCUT2D eigenvalue weighted by Crippen LogP contribution is -2.05. The Bertz CT molecular complexity index is 551. The van der Waals surface area contributed by atoms with Gasteiger partial charge in [-0.05, 0) is 24.6 Å². The Hall–Kier alpha value is -1.62. The van der Waals surface area contributed by atoms with Crippen molar-refractivity contribution in [1.82, 2.24) is 9.55 Å². The van der Waals surface area contributed by atoms with Gasteiger partial charge in [0.2, 0.25) is 0 Å². The first-order chi connectivity index (χ1) is 8.69. The fourth-order valence-electron chi connectivity index (χ4n) is 1.60. The highest BCUT2D eigenvalue weighted by atomic mass is 79.9. The maximum Gasteiger partial charge on any atom is 0.358 e. The van der Waals surface area contributed by atoms with Gasteiger partial charge < -0.3 is 9.30 Å². The van der Waals surface area contributed by atoms with Crippen molar-refractivity contribution in [3.63, 3.8) is 0 Å². The number of carbonyl (C=O) groups is 1. The van der Waals surface area contributed by atoms with E-state index in [1.54, 1.807) is 19.4 Å². The lowest BCUT2D eigenvalue weighted by molar-refractivity contribution is 0.0520. The molecule has 0 fully saturated rings. The van der Waals surface area contributed by atoms with E-state index in [-0.39, 0.29) is 5.97 Å². The van der Waals surface area contributed by atoms with Crippen LogP contribution in [0.1, 0.15) is 23.0 Å². The Morgan fingerprint density at radius 1 is 1.50 bits per heavy atom. The number of esters is 1. The van der Waals surface area contributed by atoms with E-state index in [2.05, 4.69) is 20.9 Å². The monoisotopic (exact) mass is 308 g/mol. The van der Waals surface area contributed by atoms with Gasteiger partial charge in [0.05, 0.1) is 12.9 Å². The van der Waals surface area contributed by atoms with E-state index in [4.69, 9.17) is 4.74 Å². The Balaban J connectivity index is 2.09. The molecule has 0 spiro atoms. The average molecular weight is 309 g/mol. The summed E-state index contributed by atoms with van der Waals surface area (Å²) in [6.07, 6.45) is 3.33. The van der Waals surface area contributed by atoms with Crippen LogP contribution >= 0.6 is 15.9 Å². The highest BCUT2D eigenvalue weighted by molar-refractivity contribution is 9.10. The summed E-state index contributed by atoms with van der Waals surface area (Å²) < 4.78 is 7.78. The third-order valence-corrected chi connectivity index (χ3v) is 2.87. The molecule has 0 atom stereocenters. The van der Waals surface area contributed by atoms with Crippen molar-refractivity contribution in [3.05, 3.63) is 52.5 Å². The maximum absolute atomic E-state index is 11.5. The van der Waals surface area contributed by atoms with Crippen LogP contribution in [0.3, 0.4) is 0 Å². The molecule has 5 heteroatoms. The van der Waals surface area contributed by atoms with Crippen LogP contribution in [-0.2, 0) is 11.3 Å². The van der Waals surface area contributed by atoms with E-state index >= 15 is 0 Å². The van der Waals surface area contributed by atoms with Crippen LogP contribution in [0.15, 0.2) is 41.3 Å². The molecular formula is C13H13BrN2O2. The van der Waals surface area contributed by atoms with Crippen molar-refractivity contribution in [3.8, 4) is 0 Å². The SMILES string of the molecule is CCOC(=O)c1cn(Cc2cccc(Br)c2)cn1. The predicted molar refractivity (Wildman–Crippen MR) is 71.4 cm³/mol. The van der Waals surface area contributed by atoms with Gasteiger partial charge in [-0.1, -0.05) is 28.1 Å². The number of halogens is 1. The van der Waals surface area contributed by atoms with E-state index in [1.165, 1.54) is 0 Å². The summed E-state index contributed by atoms with van der Waals surface area (Å²) in [5, 5.41) is 0. The molecule has 0 N–H and O–H groups in total. The highest BCUT2D eigenvalue weighted by Crippen LogP contribution is 2.13. The van der Waals surface area contributed by atoms with Gasteiger partial charge in [-0.2, -0.15) is 0 Å². The topological polar surface area (TPSA) is 44.1 Å². The second kappa shape index (κ2) is 5.82. The minimum Gasteiger partial charge on any atom is -0.461 e. The number of hydrogen-bond donors (Lipinski definition) is 0. The Morgan fingerprint density at radius 2 is 2.33 bits per heavy atom. The fraction of sp³-hybridized carbons (Fsp3) is 0.231. The van der Waals surface area contributed by atoms with Crippen LogP contribution < -0.4 is 0 Å². The molecule has 2 aromatic rings. The molecule has 0 aliphatic carbocycles. The number of nitrogens with zero attached hydrogens (tertiary/aromatic N) is 2. The molecule has 4 nitrogen and oxygen atoms in total. The van der Waals surface area contributed by atoms with Gasteiger partial charge in [-0.15, -0.1) is 0 Å². The van der Waals surface area contributed by atoms with Crippen molar-refractivity contribution in [2.75, 3.05) is 6.61 Å². The summed E-state index contributed by atoms with van der Waals surface area (Å²) in [5.74, 6) is -0.384. The average Bonchev–Trinajstić information content (AvgIpc) is 2.78. The van der Waals surface area contributed by atoms with Crippen LogP contribution in [0, 0.1) is 0 Å². The largest absolute Gasteiger partial charge is 0.461 e. The molecule has 1 aromatic carbocycles. The molecule has 94 valence electrons. The van der Waals surface area contributed by atoms with Crippen molar-refractivity contribution >= 4 is 21.9 Å². The summed E-state index contributed by atoms with van der Waals surface area (Å²) in [7, 11) is 0. The minimum atomic E-state index is -0.384. The predicted octanol–water partition coefficient (Wildman–Crippen LogP) is 2.87. The van der Waals surface area contributed by atoms with E-state index in [0.29, 0.717) is 18.8 Å². The van der Waals surface area contributed by atoms with Gasteiger partial charge in [0.25, 0.3) is 0 Å². The molecule has 0 bridgehead atoms. The Kier molecular flexibility index (Phi) is 4.15. The zero-order valence-corrected chi connectivity index (χ0v) is 11.6. The van der Waals surface area contributed by atoms with E-state index < -0.39 is 0 Å². The first kappa shape index (κ1) is 12.8. The summed E-state index contributed by atoms with van der Waals surface area (Å²) in [6, 6.07) is 8.00. The summed E-state index contributed by atoms with van der Waals surface area (Å²) in [5.41, 5.74) is 1.48. The van der Waals surface area contributed by atoms with Gasteiger partial charge in [-0.3, -0.25) is 0 Å². The standard InChI is InChI=1S/C13H13BrN2O2/c1-2-18-13(17)12-8-16(9-15-12)7-10-4-3-5-11(14)6-10/h3-6,8-9H,2,7H2,1H3. The first-order valence-electron chi connectivity index (χ1n) is 5.62. The van der Waals surface area contributed by atoms with Gasteiger partial charge in [0.15, 0.2) is 5.69 Å². The Morgan fingerprint density at radius 3 is 3.06 bits per heavy atom. The third kappa shape index (κ3) is 3.20. The number of imidazole rings is 1. The first-order valence-corrected chi connectivity index (χ1v) is 6.41. The Labute approximate surface area is 114 Å². The van der Waals surface area contributed by atoms with Crippen LogP contribution in [0.4, 0.5) is 0 Å². The van der Waals surface area contributed by atoms with Crippen molar-refractivity contribution < 1.29 is 9.53 Å². The normalized spacial score (nSPS) is 10.3. The second-order valence-electron chi connectivity index (χ2n) is 3.78.